The molecule has 0 bridgehead atoms. The maximum Gasteiger partial charge on any atom is 0.141 e. The average Bonchev–Trinajstić information content (AvgIpc) is 3.03. The van der Waals surface area contributed by atoms with Gasteiger partial charge in [0.25, 0.3) is 0 Å². The molecule has 0 aliphatic carbocycles. The standard InChI is InChI=1S/C20H12O/c1-2-4-15-13(3-1)5-7-17-16(15)9-10-19-18(17)8-6-14-11-12-21-20(14)19/h1-12H. The lowest BCUT2D eigenvalue weighted by Crippen LogP contribution is -1.81. The summed E-state index contributed by atoms with van der Waals surface area (Å²) >= 11 is 0. The zero-order chi connectivity index (χ0) is 13.8. The first-order valence-corrected chi connectivity index (χ1v) is 7.12. The molecule has 0 aliphatic rings. The molecule has 0 saturated carbocycles. The molecule has 1 heteroatoms. The van der Waals surface area contributed by atoms with Crippen molar-refractivity contribution in [2.75, 3.05) is 0 Å². The summed E-state index contributed by atoms with van der Waals surface area (Å²) in [6, 6.07) is 23.7. The van der Waals surface area contributed by atoms with E-state index in [1.807, 2.05) is 6.07 Å². The Hall–Kier alpha value is -2.80. The number of rotatable bonds is 0. The third-order valence-corrected chi connectivity index (χ3v) is 4.34. The predicted octanol–water partition coefficient (Wildman–Crippen LogP) is 5.89. The highest BCUT2D eigenvalue weighted by Crippen LogP contribution is 2.34. The van der Waals surface area contributed by atoms with Gasteiger partial charge in [0.2, 0.25) is 0 Å². The van der Waals surface area contributed by atoms with E-state index in [9.17, 15) is 0 Å². The van der Waals surface area contributed by atoms with E-state index in [2.05, 4.69) is 60.7 Å². The van der Waals surface area contributed by atoms with Crippen molar-refractivity contribution in [1.82, 2.24) is 0 Å². The van der Waals surface area contributed by atoms with Gasteiger partial charge in [0, 0.05) is 10.8 Å². The zero-order valence-electron chi connectivity index (χ0n) is 11.3. The number of benzene rings is 4. The molecule has 0 aliphatic heterocycles. The van der Waals surface area contributed by atoms with Gasteiger partial charge in [-0.25, -0.2) is 0 Å². The van der Waals surface area contributed by atoms with Crippen LogP contribution in [0.25, 0.3) is 43.3 Å². The Bertz CT molecular complexity index is 1130. The quantitative estimate of drug-likeness (QED) is 0.319. The molecule has 1 aromatic heterocycles. The molecule has 1 heterocycles. The highest BCUT2D eigenvalue weighted by Gasteiger charge is 2.08. The van der Waals surface area contributed by atoms with Gasteiger partial charge in [-0.15, -0.1) is 0 Å². The lowest BCUT2D eigenvalue weighted by atomic mass is 9.96. The van der Waals surface area contributed by atoms with Crippen molar-refractivity contribution in [2.45, 2.75) is 0 Å². The Balaban J connectivity index is 2.07. The Labute approximate surface area is 121 Å². The summed E-state index contributed by atoms with van der Waals surface area (Å²) in [6.45, 7) is 0. The van der Waals surface area contributed by atoms with Crippen LogP contribution in [0.3, 0.4) is 0 Å². The molecule has 0 fully saturated rings. The van der Waals surface area contributed by atoms with Crippen molar-refractivity contribution in [3.05, 3.63) is 73.0 Å². The van der Waals surface area contributed by atoms with Gasteiger partial charge in [0.1, 0.15) is 5.58 Å². The minimum Gasteiger partial charge on any atom is -0.464 e. The summed E-state index contributed by atoms with van der Waals surface area (Å²) in [5.41, 5.74) is 0.975. The minimum atomic E-state index is 0.975. The molecule has 98 valence electrons. The van der Waals surface area contributed by atoms with Crippen LogP contribution in [0.2, 0.25) is 0 Å². The first-order valence-electron chi connectivity index (χ1n) is 7.12. The number of hydrogen-bond acceptors (Lipinski definition) is 1. The van der Waals surface area contributed by atoms with Crippen LogP contribution in [0, 0.1) is 0 Å². The Morgan fingerprint density at radius 2 is 1.14 bits per heavy atom. The van der Waals surface area contributed by atoms with E-state index >= 15 is 0 Å². The lowest BCUT2D eigenvalue weighted by Gasteiger charge is -2.07. The molecule has 5 rings (SSSR count). The third-order valence-electron chi connectivity index (χ3n) is 4.34. The van der Waals surface area contributed by atoms with Crippen molar-refractivity contribution in [3.8, 4) is 0 Å². The topological polar surface area (TPSA) is 13.1 Å². The molecule has 1 nitrogen and oxygen atoms in total. The number of fused-ring (bicyclic) bond motifs is 7. The van der Waals surface area contributed by atoms with Crippen LogP contribution in [0.5, 0.6) is 0 Å². The van der Waals surface area contributed by atoms with Crippen molar-refractivity contribution in [3.63, 3.8) is 0 Å². The second-order valence-electron chi connectivity index (χ2n) is 5.45. The second kappa shape index (κ2) is 3.86. The van der Waals surface area contributed by atoms with Crippen molar-refractivity contribution < 1.29 is 4.42 Å². The first kappa shape index (κ1) is 10.9. The molecule has 0 unspecified atom stereocenters. The molecular weight excluding hydrogens is 256 g/mol. The Morgan fingerprint density at radius 1 is 0.476 bits per heavy atom. The fourth-order valence-corrected chi connectivity index (χ4v) is 3.33. The zero-order valence-corrected chi connectivity index (χ0v) is 11.3. The predicted molar refractivity (Wildman–Crippen MR) is 88.7 cm³/mol. The molecule has 0 atom stereocenters. The highest BCUT2D eigenvalue weighted by molar-refractivity contribution is 6.21. The van der Waals surface area contributed by atoms with Crippen LogP contribution >= 0.6 is 0 Å². The Morgan fingerprint density at radius 3 is 2.10 bits per heavy atom. The molecule has 21 heavy (non-hydrogen) atoms. The minimum absolute atomic E-state index is 0.975. The van der Waals surface area contributed by atoms with E-state index in [1.165, 1.54) is 32.3 Å². The molecule has 4 aromatic carbocycles. The molecule has 0 amide bonds. The fraction of sp³-hybridized carbons (Fsp3) is 0. The summed E-state index contributed by atoms with van der Waals surface area (Å²) in [5.74, 6) is 0. The van der Waals surface area contributed by atoms with E-state index in [0.717, 1.165) is 11.0 Å². The monoisotopic (exact) mass is 268 g/mol. The smallest absolute Gasteiger partial charge is 0.141 e. The Kier molecular flexibility index (Phi) is 2.01. The first-order chi connectivity index (χ1) is 10.4. The molecule has 0 saturated heterocycles. The normalized spacial score (nSPS) is 11.8. The van der Waals surface area contributed by atoms with Crippen LogP contribution in [-0.4, -0.2) is 0 Å². The SMILES string of the molecule is c1ccc2c(c1)ccc1c2ccc2c1ccc1ccoc12. The molecule has 0 N–H and O–H groups in total. The van der Waals surface area contributed by atoms with E-state index in [1.54, 1.807) is 6.26 Å². The lowest BCUT2D eigenvalue weighted by molar-refractivity contribution is 0.619. The van der Waals surface area contributed by atoms with Gasteiger partial charge in [0.05, 0.1) is 6.26 Å². The van der Waals surface area contributed by atoms with E-state index < -0.39 is 0 Å². The van der Waals surface area contributed by atoms with Crippen LogP contribution in [0.15, 0.2) is 77.4 Å². The summed E-state index contributed by atoms with van der Waals surface area (Å²) in [6.07, 6.45) is 1.76. The van der Waals surface area contributed by atoms with Gasteiger partial charge in [-0.2, -0.15) is 0 Å². The highest BCUT2D eigenvalue weighted by atomic mass is 16.3. The number of hydrogen-bond donors (Lipinski definition) is 0. The molecule has 0 spiro atoms. The van der Waals surface area contributed by atoms with Gasteiger partial charge in [-0.1, -0.05) is 54.6 Å². The van der Waals surface area contributed by atoms with Gasteiger partial charge < -0.3 is 4.42 Å². The van der Waals surface area contributed by atoms with Gasteiger partial charge in [-0.05, 0) is 39.1 Å². The molecule has 0 radical (unpaired) electrons. The number of furan rings is 1. The summed E-state index contributed by atoms with van der Waals surface area (Å²) in [4.78, 5) is 0. The van der Waals surface area contributed by atoms with E-state index in [4.69, 9.17) is 4.42 Å². The van der Waals surface area contributed by atoms with Crippen molar-refractivity contribution >= 4 is 43.3 Å². The average molecular weight is 268 g/mol. The summed E-state index contributed by atoms with van der Waals surface area (Å²) in [5, 5.41) is 8.75. The fourth-order valence-electron chi connectivity index (χ4n) is 3.33. The maximum atomic E-state index is 5.67. The van der Waals surface area contributed by atoms with Crippen LogP contribution < -0.4 is 0 Å². The second-order valence-corrected chi connectivity index (χ2v) is 5.45. The van der Waals surface area contributed by atoms with E-state index in [-0.39, 0.29) is 0 Å². The largest absolute Gasteiger partial charge is 0.464 e. The molecular formula is C20H12O. The van der Waals surface area contributed by atoms with Gasteiger partial charge >= 0.3 is 0 Å². The van der Waals surface area contributed by atoms with Crippen molar-refractivity contribution in [1.29, 1.82) is 0 Å². The van der Waals surface area contributed by atoms with Crippen LogP contribution in [0.4, 0.5) is 0 Å². The van der Waals surface area contributed by atoms with Crippen LogP contribution in [0.1, 0.15) is 0 Å². The third kappa shape index (κ3) is 1.40. The van der Waals surface area contributed by atoms with Crippen LogP contribution in [-0.2, 0) is 0 Å². The van der Waals surface area contributed by atoms with Crippen molar-refractivity contribution in [2.24, 2.45) is 0 Å². The maximum absolute atomic E-state index is 5.67. The summed E-state index contributed by atoms with van der Waals surface area (Å²) in [7, 11) is 0. The molecule has 5 aromatic rings. The van der Waals surface area contributed by atoms with Gasteiger partial charge in [-0.3, -0.25) is 0 Å². The van der Waals surface area contributed by atoms with Gasteiger partial charge in [0.15, 0.2) is 0 Å². The van der Waals surface area contributed by atoms with E-state index in [0.29, 0.717) is 0 Å². The summed E-state index contributed by atoms with van der Waals surface area (Å²) < 4.78 is 5.67.